The number of ether oxygens (including phenoxy) is 1. The van der Waals surface area contributed by atoms with Gasteiger partial charge in [-0.15, -0.1) is 11.3 Å². The van der Waals surface area contributed by atoms with Crippen molar-refractivity contribution in [2.24, 2.45) is 5.73 Å². The summed E-state index contributed by atoms with van der Waals surface area (Å²) in [5.74, 6) is -1.76. The molecule has 0 fully saturated rings. The Morgan fingerprint density at radius 1 is 1.04 bits per heavy atom. The topological polar surface area (TPSA) is 112 Å². The standard InChI is InChI=1S/C18H14N2O5S/c19-16(21)15(11-5-2-1-3-6-11)25-18(23)13-8-9-14(26-13)20-17(22)12-7-4-10-24-12/h1-10,15H,(H2,19,21)(H,20,22)/t15-/m0/s1. The highest BCUT2D eigenvalue weighted by molar-refractivity contribution is 7.18. The molecule has 132 valence electrons. The Bertz CT molecular complexity index is 918. The lowest BCUT2D eigenvalue weighted by Crippen LogP contribution is -2.26. The van der Waals surface area contributed by atoms with Crippen LogP contribution < -0.4 is 11.1 Å². The third kappa shape index (κ3) is 3.98. The van der Waals surface area contributed by atoms with Crippen molar-refractivity contribution in [3.8, 4) is 0 Å². The molecule has 3 aromatic rings. The van der Waals surface area contributed by atoms with Crippen LogP contribution in [0.15, 0.2) is 65.3 Å². The zero-order valence-corrected chi connectivity index (χ0v) is 14.2. The Labute approximate surface area is 152 Å². The summed E-state index contributed by atoms with van der Waals surface area (Å²) < 4.78 is 10.2. The summed E-state index contributed by atoms with van der Waals surface area (Å²) in [5.41, 5.74) is 5.82. The number of anilines is 1. The highest BCUT2D eigenvalue weighted by Crippen LogP contribution is 2.26. The molecule has 1 aromatic carbocycles. The summed E-state index contributed by atoms with van der Waals surface area (Å²) in [7, 11) is 0. The number of esters is 1. The maximum absolute atomic E-state index is 12.3. The van der Waals surface area contributed by atoms with Crippen molar-refractivity contribution >= 4 is 34.1 Å². The first-order valence-electron chi connectivity index (χ1n) is 7.54. The van der Waals surface area contributed by atoms with E-state index < -0.39 is 23.9 Å². The molecule has 0 aliphatic carbocycles. The van der Waals surface area contributed by atoms with E-state index >= 15 is 0 Å². The van der Waals surface area contributed by atoms with E-state index in [0.717, 1.165) is 11.3 Å². The van der Waals surface area contributed by atoms with Crippen LogP contribution in [0.3, 0.4) is 0 Å². The maximum Gasteiger partial charge on any atom is 0.349 e. The molecule has 0 aliphatic heterocycles. The van der Waals surface area contributed by atoms with Crippen LogP contribution in [0.5, 0.6) is 0 Å². The van der Waals surface area contributed by atoms with Crippen molar-refractivity contribution in [2.75, 3.05) is 5.32 Å². The fraction of sp³-hybridized carbons (Fsp3) is 0.0556. The van der Waals surface area contributed by atoms with E-state index in [1.807, 2.05) is 0 Å². The van der Waals surface area contributed by atoms with Crippen LogP contribution in [0.1, 0.15) is 31.9 Å². The molecule has 0 saturated carbocycles. The van der Waals surface area contributed by atoms with Gasteiger partial charge in [-0.2, -0.15) is 0 Å². The zero-order valence-electron chi connectivity index (χ0n) is 13.4. The average Bonchev–Trinajstić information content (AvgIpc) is 3.32. The fourth-order valence-corrected chi connectivity index (χ4v) is 2.96. The summed E-state index contributed by atoms with van der Waals surface area (Å²) in [6.07, 6.45) is 0.201. The predicted molar refractivity (Wildman–Crippen MR) is 94.8 cm³/mol. The molecule has 2 amide bonds. The second-order valence-electron chi connectivity index (χ2n) is 5.19. The number of carbonyl (C=O) groups is 3. The second kappa shape index (κ2) is 7.66. The molecule has 26 heavy (non-hydrogen) atoms. The Hall–Kier alpha value is -3.39. The van der Waals surface area contributed by atoms with Gasteiger partial charge in [-0.25, -0.2) is 4.79 Å². The van der Waals surface area contributed by atoms with Crippen LogP contribution >= 0.6 is 11.3 Å². The number of furan rings is 1. The molecule has 0 saturated heterocycles. The molecule has 3 N–H and O–H groups in total. The molecule has 0 bridgehead atoms. The lowest BCUT2D eigenvalue weighted by molar-refractivity contribution is -0.127. The van der Waals surface area contributed by atoms with E-state index in [0.29, 0.717) is 10.6 Å². The van der Waals surface area contributed by atoms with Gasteiger partial charge in [0.2, 0.25) is 6.10 Å². The first-order valence-corrected chi connectivity index (χ1v) is 8.36. The van der Waals surface area contributed by atoms with Gasteiger partial charge in [0.05, 0.1) is 11.3 Å². The number of carbonyl (C=O) groups excluding carboxylic acids is 3. The first-order chi connectivity index (χ1) is 12.5. The zero-order chi connectivity index (χ0) is 18.5. The summed E-state index contributed by atoms with van der Waals surface area (Å²) in [6.45, 7) is 0. The molecule has 0 unspecified atom stereocenters. The van der Waals surface area contributed by atoms with Gasteiger partial charge in [0.15, 0.2) is 5.76 Å². The third-order valence-corrected chi connectivity index (χ3v) is 4.36. The van der Waals surface area contributed by atoms with Crippen LogP contribution in [-0.4, -0.2) is 17.8 Å². The Kier molecular flexibility index (Phi) is 5.14. The number of rotatable bonds is 6. The van der Waals surface area contributed by atoms with Crippen molar-refractivity contribution < 1.29 is 23.5 Å². The predicted octanol–water partition coefficient (Wildman–Crippen LogP) is 2.98. The number of amides is 2. The Morgan fingerprint density at radius 3 is 2.46 bits per heavy atom. The van der Waals surface area contributed by atoms with Crippen LogP contribution in [0.25, 0.3) is 0 Å². The smallest absolute Gasteiger partial charge is 0.349 e. The molecular weight excluding hydrogens is 356 g/mol. The minimum Gasteiger partial charge on any atom is -0.459 e. The van der Waals surface area contributed by atoms with Gasteiger partial charge in [-0.3, -0.25) is 9.59 Å². The number of nitrogens with one attached hydrogen (secondary N) is 1. The van der Waals surface area contributed by atoms with Gasteiger partial charge in [-0.05, 0) is 24.3 Å². The number of primary amides is 1. The van der Waals surface area contributed by atoms with Gasteiger partial charge in [0.1, 0.15) is 4.88 Å². The maximum atomic E-state index is 12.3. The monoisotopic (exact) mass is 370 g/mol. The van der Waals surface area contributed by atoms with Gasteiger partial charge in [0.25, 0.3) is 11.8 Å². The quantitative estimate of drug-likeness (QED) is 0.648. The second-order valence-corrected chi connectivity index (χ2v) is 6.28. The highest BCUT2D eigenvalue weighted by atomic mass is 32.1. The Morgan fingerprint density at radius 2 is 1.81 bits per heavy atom. The molecule has 7 nitrogen and oxygen atoms in total. The van der Waals surface area contributed by atoms with Crippen LogP contribution in [-0.2, 0) is 9.53 Å². The SMILES string of the molecule is NC(=O)[C@@H](OC(=O)c1ccc(NC(=O)c2ccco2)s1)c1ccccc1. The normalized spacial score (nSPS) is 11.5. The molecule has 3 rings (SSSR count). The van der Waals surface area contributed by atoms with E-state index in [9.17, 15) is 14.4 Å². The Balaban J connectivity index is 1.69. The summed E-state index contributed by atoms with van der Waals surface area (Å²) in [4.78, 5) is 36.1. The molecule has 8 heteroatoms. The molecule has 1 atom stereocenters. The van der Waals surface area contributed by atoms with Crippen molar-refractivity contribution in [1.29, 1.82) is 0 Å². The number of hydrogen-bond donors (Lipinski definition) is 2. The molecule has 2 aromatic heterocycles. The van der Waals surface area contributed by atoms with Crippen molar-refractivity contribution in [3.63, 3.8) is 0 Å². The average molecular weight is 370 g/mol. The van der Waals surface area contributed by atoms with Gasteiger partial charge in [-0.1, -0.05) is 30.3 Å². The van der Waals surface area contributed by atoms with E-state index in [-0.39, 0.29) is 10.6 Å². The minimum absolute atomic E-state index is 0.153. The number of nitrogens with two attached hydrogens (primary N) is 1. The van der Waals surface area contributed by atoms with E-state index in [1.54, 1.807) is 42.5 Å². The number of thiophene rings is 1. The van der Waals surface area contributed by atoms with Gasteiger partial charge >= 0.3 is 5.97 Å². The largest absolute Gasteiger partial charge is 0.459 e. The molecule has 0 radical (unpaired) electrons. The van der Waals surface area contributed by atoms with Crippen molar-refractivity contribution in [3.05, 3.63) is 77.1 Å². The van der Waals surface area contributed by atoms with Crippen LogP contribution in [0.4, 0.5) is 5.00 Å². The summed E-state index contributed by atoms with van der Waals surface area (Å²) in [6, 6.07) is 14.7. The van der Waals surface area contributed by atoms with E-state index in [1.165, 1.54) is 18.4 Å². The number of hydrogen-bond acceptors (Lipinski definition) is 6. The fourth-order valence-electron chi connectivity index (χ4n) is 2.18. The van der Waals surface area contributed by atoms with E-state index in [4.69, 9.17) is 14.9 Å². The molecule has 0 spiro atoms. The van der Waals surface area contributed by atoms with Crippen LogP contribution in [0, 0.1) is 0 Å². The summed E-state index contributed by atoms with van der Waals surface area (Å²) in [5, 5.41) is 3.05. The van der Waals surface area contributed by atoms with Crippen molar-refractivity contribution in [1.82, 2.24) is 0 Å². The van der Waals surface area contributed by atoms with Crippen molar-refractivity contribution in [2.45, 2.75) is 6.10 Å². The molecule has 0 aliphatic rings. The van der Waals surface area contributed by atoms with Gasteiger partial charge in [0, 0.05) is 5.56 Å². The summed E-state index contributed by atoms with van der Waals surface area (Å²) >= 11 is 1.02. The number of benzene rings is 1. The highest BCUT2D eigenvalue weighted by Gasteiger charge is 2.24. The molecule has 2 heterocycles. The molecular formula is C18H14N2O5S. The van der Waals surface area contributed by atoms with E-state index in [2.05, 4.69) is 5.32 Å². The minimum atomic E-state index is -1.19. The van der Waals surface area contributed by atoms with Gasteiger partial charge < -0.3 is 20.2 Å². The third-order valence-electron chi connectivity index (χ3n) is 3.37. The lowest BCUT2D eigenvalue weighted by Gasteiger charge is -2.14. The van der Waals surface area contributed by atoms with Crippen LogP contribution in [0.2, 0.25) is 0 Å². The lowest BCUT2D eigenvalue weighted by atomic mass is 10.1. The first kappa shape index (κ1) is 17.4.